The van der Waals surface area contributed by atoms with Crippen molar-refractivity contribution in [3.8, 4) is 0 Å². The summed E-state index contributed by atoms with van der Waals surface area (Å²) in [4.78, 5) is 12.9. The summed E-state index contributed by atoms with van der Waals surface area (Å²) in [6, 6.07) is 20.7. The molecule has 4 atom stereocenters. The highest BCUT2D eigenvalue weighted by atomic mass is 16.5. The number of Topliss-reactive ketones (excluding diaryl/α,β-unsaturated/α-hetero) is 1. The van der Waals surface area contributed by atoms with Gasteiger partial charge in [-0.3, -0.25) is 4.79 Å². The third kappa shape index (κ3) is 4.24. The molecule has 0 radical (unpaired) electrons. The van der Waals surface area contributed by atoms with Crippen LogP contribution in [-0.4, -0.2) is 18.5 Å². The van der Waals surface area contributed by atoms with E-state index in [4.69, 9.17) is 9.47 Å². The molecular weight excluding hydrogens is 372 g/mol. The SMILES string of the molecule is C[C@@]1(COCc2ccccc2)[C@@H](OCc2ccccc2)CC[C@]2(C)C(=O)CCC[C@@H]12. The second kappa shape index (κ2) is 9.03. The maximum Gasteiger partial charge on any atom is 0.139 e. The van der Waals surface area contributed by atoms with Crippen LogP contribution in [0.3, 0.4) is 0 Å². The molecule has 0 unspecified atom stereocenters. The van der Waals surface area contributed by atoms with Gasteiger partial charge < -0.3 is 9.47 Å². The second-order valence-corrected chi connectivity index (χ2v) is 9.59. The minimum atomic E-state index is -0.240. The van der Waals surface area contributed by atoms with Crippen LogP contribution in [0.25, 0.3) is 0 Å². The molecule has 0 N–H and O–H groups in total. The van der Waals surface area contributed by atoms with Gasteiger partial charge >= 0.3 is 0 Å². The molecule has 3 nitrogen and oxygen atoms in total. The fourth-order valence-corrected chi connectivity index (χ4v) is 5.82. The van der Waals surface area contributed by atoms with Gasteiger partial charge in [-0.1, -0.05) is 74.5 Å². The van der Waals surface area contributed by atoms with Gasteiger partial charge in [0.1, 0.15) is 5.78 Å². The van der Waals surface area contributed by atoms with E-state index in [1.54, 1.807) is 0 Å². The molecule has 160 valence electrons. The van der Waals surface area contributed by atoms with Gasteiger partial charge in [-0.05, 0) is 42.7 Å². The number of carbonyl (C=O) groups excluding carboxylic acids is 1. The summed E-state index contributed by atoms with van der Waals surface area (Å²) >= 11 is 0. The van der Waals surface area contributed by atoms with E-state index in [0.717, 1.165) is 32.1 Å². The molecule has 0 amide bonds. The van der Waals surface area contributed by atoms with Gasteiger partial charge in [0.25, 0.3) is 0 Å². The number of ketones is 1. The van der Waals surface area contributed by atoms with Crippen molar-refractivity contribution >= 4 is 5.78 Å². The molecule has 0 aliphatic heterocycles. The van der Waals surface area contributed by atoms with Gasteiger partial charge in [-0.15, -0.1) is 0 Å². The molecule has 0 aromatic heterocycles. The summed E-state index contributed by atoms with van der Waals surface area (Å²) in [6.07, 6.45) is 4.72. The van der Waals surface area contributed by atoms with E-state index in [1.807, 2.05) is 24.3 Å². The largest absolute Gasteiger partial charge is 0.376 e. The first-order valence-electron chi connectivity index (χ1n) is 11.3. The van der Waals surface area contributed by atoms with Crippen LogP contribution in [0.15, 0.2) is 60.7 Å². The molecular formula is C27H34O3. The summed E-state index contributed by atoms with van der Waals surface area (Å²) in [5, 5.41) is 0. The van der Waals surface area contributed by atoms with Crippen LogP contribution in [-0.2, 0) is 27.5 Å². The fourth-order valence-electron chi connectivity index (χ4n) is 5.82. The summed E-state index contributed by atoms with van der Waals surface area (Å²) < 4.78 is 12.8. The lowest BCUT2D eigenvalue weighted by atomic mass is 9.50. The molecule has 2 aliphatic rings. The van der Waals surface area contributed by atoms with Gasteiger partial charge in [-0.25, -0.2) is 0 Å². The van der Waals surface area contributed by atoms with E-state index in [1.165, 1.54) is 11.1 Å². The Hall–Kier alpha value is -1.97. The number of rotatable bonds is 7. The van der Waals surface area contributed by atoms with E-state index >= 15 is 0 Å². The Labute approximate surface area is 180 Å². The number of hydrogen-bond acceptors (Lipinski definition) is 3. The number of hydrogen-bond donors (Lipinski definition) is 0. The van der Waals surface area contributed by atoms with Crippen LogP contribution < -0.4 is 0 Å². The smallest absolute Gasteiger partial charge is 0.139 e. The fraction of sp³-hybridized carbons (Fsp3) is 0.519. The number of fused-ring (bicyclic) bond motifs is 1. The monoisotopic (exact) mass is 406 g/mol. The first kappa shape index (κ1) is 21.3. The molecule has 2 fully saturated rings. The van der Waals surface area contributed by atoms with E-state index in [0.29, 0.717) is 31.5 Å². The number of benzene rings is 2. The van der Waals surface area contributed by atoms with Crippen molar-refractivity contribution in [2.24, 2.45) is 16.7 Å². The quantitative estimate of drug-likeness (QED) is 0.569. The van der Waals surface area contributed by atoms with Crippen molar-refractivity contribution in [3.05, 3.63) is 71.8 Å². The molecule has 2 aromatic rings. The minimum absolute atomic E-state index is 0.0949. The van der Waals surface area contributed by atoms with Crippen molar-refractivity contribution in [2.45, 2.75) is 65.3 Å². The molecule has 3 heteroatoms. The maximum atomic E-state index is 12.9. The van der Waals surface area contributed by atoms with Crippen LogP contribution in [0.2, 0.25) is 0 Å². The van der Waals surface area contributed by atoms with Crippen molar-refractivity contribution < 1.29 is 14.3 Å². The zero-order chi connectivity index (χ0) is 21.0. The third-order valence-electron chi connectivity index (χ3n) is 7.58. The Morgan fingerprint density at radius 3 is 2.20 bits per heavy atom. The van der Waals surface area contributed by atoms with Crippen molar-refractivity contribution in [2.75, 3.05) is 6.61 Å². The van der Waals surface area contributed by atoms with Gasteiger partial charge in [0.05, 0.1) is 25.9 Å². The van der Waals surface area contributed by atoms with Crippen LogP contribution in [0.5, 0.6) is 0 Å². The normalized spacial score (nSPS) is 31.3. The predicted octanol–water partition coefficient (Wildman–Crippen LogP) is 5.96. The summed E-state index contributed by atoms with van der Waals surface area (Å²) in [7, 11) is 0. The Bertz CT molecular complexity index is 834. The highest BCUT2D eigenvalue weighted by Gasteiger charge is 2.57. The van der Waals surface area contributed by atoms with E-state index in [-0.39, 0.29) is 16.9 Å². The van der Waals surface area contributed by atoms with Crippen LogP contribution >= 0.6 is 0 Å². The molecule has 0 spiro atoms. The van der Waals surface area contributed by atoms with Crippen molar-refractivity contribution in [1.29, 1.82) is 0 Å². The molecule has 2 saturated carbocycles. The summed E-state index contributed by atoms with van der Waals surface area (Å²) in [5.41, 5.74) is 1.96. The summed E-state index contributed by atoms with van der Waals surface area (Å²) in [5.74, 6) is 0.742. The highest BCUT2D eigenvalue weighted by Crippen LogP contribution is 2.57. The average Bonchev–Trinajstić information content (AvgIpc) is 2.76. The average molecular weight is 407 g/mol. The zero-order valence-electron chi connectivity index (χ0n) is 18.3. The maximum absolute atomic E-state index is 12.9. The second-order valence-electron chi connectivity index (χ2n) is 9.59. The van der Waals surface area contributed by atoms with Crippen LogP contribution in [0.4, 0.5) is 0 Å². The molecule has 2 aromatic carbocycles. The Morgan fingerprint density at radius 2 is 1.53 bits per heavy atom. The number of carbonyl (C=O) groups is 1. The molecule has 30 heavy (non-hydrogen) atoms. The zero-order valence-corrected chi connectivity index (χ0v) is 18.3. The van der Waals surface area contributed by atoms with Gasteiger partial charge in [-0.2, -0.15) is 0 Å². The van der Waals surface area contributed by atoms with Gasteiger partial charge in [0.2, 0.25) is 0 Å². The lowest BCUT2D eigenvalue weighted by Gasteiger charge is -2.56. The standard InChI is InChI=1S/C27H34O3/c1-26-17-16-25(30-19-22-12-7-4-8-13-22)27(2,23(26)14-9-15-24(26)28)20-29-18-21-10-5-3-6-11-21/h3-8,10-13,23,25H,9,14-20H2,1-2H3/t23-,25+,26+,27+/m1/s1. The van der Waals surface area contributed by atoms with Gasteiger partial charge in [0, 0.05) is 17.3 Å². The first-order valence-corrected chi connectivity index (χ1v) is 11.3. The summed E-state index contributed by atoms with van der Waals surface area (Å²) in [6.45, 7) is 6.32. The molecule has 2 aliphatic carbocycles. The van der Waals surface area contributed by atoms with Crippen molar-refractivity contribution in [3.63, 3.8) is 0 Å². The predicted molar refractivity (Wildman–Crippen MR) is 119 cm³/mol. The Morgan fingerprint density at radius 1 is 0.900 bits per heavy atom. The molecule has 4 rings (SSSR count). The van der Waals surface area contributed by atoms with E-state index < -0.39 is 0 Å². The topological polar surface area (TPSA) is 35.5 Å². The molecule has 0 saturated heterocycles. The Balaban J connectivity index is 1.52. The lowest BCUT2D eigenvalue weighted by molar-refractivity contribution is -0.183. The first-order chi connectivity index (χ1) is 14.5. The van der Waals surface area contributed by atoms with E-state index in [9.17, 15) is 4.79 Å². The minimum Gasteiger partial charge on any atom is -0.376 e. The molecule has 0 bridgehead atoms. The highest BCUT2D eigenvalue weighted by molar-refractivity contribution is 5.85. The van der Waals surface area contributed by atoms with Crippen molar-refractivity contribution in [1.82, 2.24) is 0 Å². The van der Waals surface area contributed by atoms with E-state index in [2.05, 4.69) is 50.2 Å². The number of ether oxygens (including phenoxy) is 2. The molecule has 0 heterocycles. The lowest BCUT2D eigenvalue weighted by Crippen LogP contribution is -2.58. The third-order valence-corrected chi connectivity index (χ3v) is 7.58. The van der Waals surface area contributed by atoms with Crippen LogP contribution in [0.1, 0.15) is 57.1 Å². The Kier molecular flexibility index (Phi) is 6.40. The van der Waals surface area contributed by atoms with Crippen LogP contribution in [0, 0.1) is 16.7 Å². The van der Waals surface area contributed by atoms with Gasteiger partial charge in [0.15, 0.2) is 0 Å².